The van der Waals surface area contributed by atoms with Crippen LogP contribution in [0.5, 0.6) is 0 Å². The molecule has 0 aliphatic heterocycles. The van der Waals surface area contributed by atoms with Gasteiger partial charge in [-0.1, -0.05) is 11.6 Å². The molecule has 4 saturated carbocycles. The van der Waals surface area contributed by atoms with Gasteiger partial charge in [-0.25, -0.2) is 4.39 Å². The Morgan fingerprint density at radius 1 is 1.18 bits per heavy atom. The minimum Gasteiger partial charge on any atom is -0.420 e. The lowest BCUT2D eigenvalue weighted by Gasteiger charge is -2.67. The van der Waals surface area contributed by atoms with Crippen LogP contribution in [0.3, 0.4) is 0 Å². The number of hydrogen-bond donors (Lipinski definition) is 1. The molecule has 1 aromatic carbocycles. The van der Waals surface area contributed by atoms with Crippen LogP contribution in [0.4, 0.5) is 17.6 Å². The van der Waals surface area contributed by atoms with Crippen LogP contribution in [0.2, 0.25) is 5.02 Å². The van der Waals surface area contributed by atoms with Gasteiger partial charge in [0, 0.05) is 18.4 Å². The molecule has 8 nitrogen and oxygen atoms in total. The van der Waals surface area contributed by atoms with Crippen LogP contribution in [0.15, 0.2) is 22.6 Å². The first-order chi connectivity index (χ1) is 16.0. The van der Waals surface area contributed by atoms with E-state index in [1.807, 2.05) is 0 Å². The molecule has 34 heavy (non-hydrogen) atoms. The van der Waals surface area contributed by atoms with Crippen molar-refractivity contribution in [1.29, 1.82) is 0 Å². The first-order valence-electron chi connectivity index (χ1n) is 10.5. The molecular formula is C21H18ClF4N3O5. The van der Waals surface area contributed by atoms with Crippen molar-refractivity contribution in [3.05, 3.63) is 34.9 Å². The number of halogens is 5. The van der Waals surface area contributed by atoms with Crippen LogP contribution in [-0.2, 0) is 24.5 Å². The molecule has 1 heterocycles. The fourth-order valence-corrected chi connectivity index (χ4v) is 4.98. The SMILES string of the molecule is O=C(CO[C@H]1C[C@@H](OC(F)(F)F)C1)NC(=O)C12CC(c3nnc(-c4ccc(Cl)c(F)c4)o3)(C1)C2. The standard InChI is InChI=1S/C21H18ClF4N3O5/c22-13-2-1-10(3-14(13)23)16-28-29-18(33-16)20-7-19(8-20,9-20)17(31)27-15(30)6-32-11-4-12(5-11)34-21(24,25)26/h1-3,11-12H,4-9H2,(H,27,30,31)/t11-,12+,19?,20?. The number of nitrogens with zero attached hydrogens (tertiary/aromatic N) is 2. The van der Waals surface area contributed by atoms with Gasteiger partial charge in [0.1, 0.15) is 12.4 Å². The summed E-state index contributed by atoms with van der Waals surface area (Å²) in [5.74, 6) is -1.22. The van der Waals surface area contributed by atoms with Gasteiger partial charge >= 0.3 is 6.36 Å². The molecule has 0 spiro atoms. The number of carbonyl (C=O) groups is 2. The summed E-state index contributed by atoms with van der Waals surface area (Å²) in [6, 6.07) is 4.13. The van der Waals surface area contributed by atoms with Gasteiger partial charge in [0.15, 0.2) is 0 Å². The summed E-state index contributed by atoms with van der Waals surface area (Å²) in [6.45, 7) is -0.430. The Bertz CT molecular complexity index is 1130. The molecule has 4 aliphatic rings. The van der Waals surface area contributed by atoms with Gasteiger partial charge in [-0.3, -0.25) is 19.6 Å². The molecule has 2 amide bonds. The Morgan fingerprint density at radius 3 is 2.53 bits per heavy atom. The Hall–Kier alpha value is -2.57. The smallest absolute Gasteiger partial charge is 0.420 e. The zero-order chi connectivity index (χ0) is 24.3. The highest BCUT2D eigenvalue weighted by Crippen LogP contribution is 2.73. The van der Waals surface area contributed by atoms with Gasteiger partial charge in [-0.05, 0) is 37.5 Å². The van der Waals surface area contributed by atoms with Crippen molar-refractivity contribution in [1.82, 2.24) is 15.5 Å². The molecule has 0 radical (unpaired) electrons. The van der Waals surface area contributed by atoms with Gasteiger partial charge in [0.25, 0.3) is 5.91 Å². The minimum atomic E-state index is -4.70. The average Bonchev–Trinajstić information content (AvgIpc) is 3.12. The van der Waals surface area contributed by atoms with Crippen molar-refractivity contribution >= 4 is 23.4 Å². The topological polar surface area (TPSA) is 104 Å². The quantitative estimate of drug-likeness (QED) is 0.575. The number of aromatic nitrogens is 2. The summed E-state index contributed by atoms with van der Waals surface area (Å²) in [7, 11) is 0. The van der Waals surface area contributed by atoms with Gasteiger partial charge < -0.3 is 9.15 Å². The highest BCUT2D eigenvalue weighted by Gasteiger charge is 2.74. The third-order valence-corrected chi connectivity index (χ3v) is 6.92. The second kappa shape index (κ2) is 7.99. The maximum atomic E-state index is 13.7. The van der Waals surface area contributed by atoms with Crippen molar-refractivity contribution in [3.8, 4) is 11.5 Å². The maximum absolute atomic E-state index is 13.7. The molecule has 1 N–H and O–H groups in total. The Balaban J connectivity index is 1.08. The molecule has 4 aliphatic carbocycles. The van der Waals surface area contributed by atoms with E-state index in [0.29, 0.717) is 30.7 Å². The van der Waals surface area contributed by atoms with Crippen LogP contribution in [0.1, 0.15) is 38.0 Å². The molecule has 0 atom stereocenters. The predicted molar refractivity (Wildman–Crippen MR) is 106 cm³/mol. The fourth-order valence-electron chi connectivity index (χ4n) is 4.87. The number of amides is 2. The van der Waals surface area contributed by atoms with Crippen LogP contribution in [0, 0.1) is 11.2 Å². The number of rotatable bonds is 7. The molecule has 1 aromatic heterocycles. The number of hydrogen-bond acceptors (Lipinski definition) is 7. The van der Waals surface area contributed by atoms with Gasteiger partial charge in [0.2, 0.25) is 17.7 Å². The summed E-state index contributed by atoms with van der Waals surface area (Å²) < 4.78 is 64.8. The molecule has 2 aromatic rings. The zero-order valence-electron chi connectivity index (χ0n) is 17.5. The third kappa shape index (κ3) is 4.18. The average molecular weight is 504 g/mol. The van der Waals surface area contributed by atoms with E-state index in [2.05, 4.69) is 20.3 Å². The van der Waals surface area contributed by atoms with Crippen molar-refractivity contribution in [3.63, 3.8) is 0 Å². The van der Waals surface area contributed by atoms with E-state index in [1.54, 1.807) is 6.07 Å². The number of imide groups is 1. The first-order valence-corrected chi connectivity index (χ1v) is 10.8. The van der Waals surface area contributed by atoms with E-state index >= 15 is 0 Å². The van der Waals surface area contributed by atoms with E-state index in [-0.39, 0.29) is 23.8 Å². The summed E-state index contributed by atoms with van der Waals surface area (Å²) in [5, 5.41) is 10.3. The van der Waals surface area contributed by atoms with Crippen molar-refractivity contribution < 1.29 is 41.0 Å². The monoisotopic (exact) mass is 503 g/mol. The molecule has 13 heteroatoms. The number of ether oxygens (including phenoxy) is 2. The lowest BCUT2D eigenvalue weighted by Crippen LogP contribution is -2.70. The van der Waals surface area contributed by atoms with Gasteiger partial charge in [-0.2, -0.15) is 0 Å². The molecule has 0 saturated heterocycles. The Morgan fingerprint density at radius 2 is 1.88 bits per heavy atom. The lowest BCUT2D eigenvalue weighted by atomic mass is 9.34. The summed E-state index contributed by atoms with van der Waals surface area (Å²) in [4.78, 5) is 24.6. The number of carbonyl (C=O) groups excluding carboxylic acids is 2. The molecule has 6 rings (SSSR count). The Labute approximate surface area is 194 Å². The van der Waals surface area contributed by atoms with E-state index in [4.69, 9.17) is 20.8 Å². The van der Waals surface area contributed by atoms with E-state index < -0.39 is 53.6 Å². The second-order valence-electron chi connectivity index (χ2n) is 9.10. The van der Waals surface area contributed by atoms with Crippen LogP contribution >= 0.6 is 11.6 Å². The highest BCUT2D eigenvalue weighted by atomic mass is 35.5. The van der Waals surface area contributed by atoms with Gasteiger partial charge in [-0.15, -0.1) is 23.4 Å². The normalized spacial score (nSPS) is 29.6. The third-order valence-electron chi connectivity index (χ3n) is 6.61. The van der Waals surface area contributed by atoms with Crippen LogP contribution in [-0.4, -0.2) is 47.2 Å². The summed E-state index contributed by atoms with van der Waals surface area (Å²) >= 11 is 5.68. The van der Waals surface area contributed by atoms with Gasteiger partial charge in [0.05, 0.1) is 28.1 Å². The second-order valence-corrected chi connectivity index (χ2v) is 9.51. The van der Waals surface area contributed by atoms with Crippen molar-refractivity contribution in [2.75, 3.05) is 6.61 Å². The molecular weight excluding hydrogens is 486 g/mol. The first kappa shape index (κ1) is 23.2. The zero-order valence-corrected chi connectivity index (χ0v) is 18.2. The predicted octanol–water partition coefficient (Wildman–Crippen LogP) is 3.68. The molecule has 0 unspecified atom stereocenters. The fraction of sp³-hybridized carbons (Fsp3) is 0.524. The van der Waals surface area contributed by atoms with Crippen LogP contribution in [0.25, 0.3) is 11.5 Å². The van der Waals surface area contributed by atoms with Crippen molar-refractivity contribution in [2.45, 2.75) is 56.1 Å². The molecule has 2 bridgehead atoms. The highest BCUT2D eigenvalue weighted by molar-refractivity contribution is 6.30. The summed E-state index contributed by atoms with van der Waals surface area (Å²) in [6.07, 6.45) is -4.86. The lowest BCUT2D eigenvalue weighted by molar-refractivity contribution is -0.357. The van der Waals surface area contributed by atoms with Crippen molar-refractivity contribution in [2.24, 2.45) is 5.41 Å². The molecule has 182 valence electrons. The summed E-state index contributed by atoms with van der Waals surface area (Å²) in [5.41, 5.74) is -0.779. The van der Waals surface area contributed by atoms with E-state index in [9.17, 15) is 27.2 Å². The number of alkyl halides is 3. The molecule has 4 fully saturated rings. The van der Waals surface area contributed by atoms with E-state index in [0.717, 1.165) is 0 Å². The number of benzene rings is 1. The maximum Gasteiger partial charge on any atom is 0.522 e. The minimum absolute atomic E-state index is 0.0248. The number of nitrogens with one attached hydrogen (secondary N) is 1. The Kier molecular flexibility index (Phi) is 5.45. The van der Waals surface area contributed by atoms with E-state index in [1.165, 1.54) is 12.1 Å². The van der Waals surface area contributed by atoms with Crippen LogP contribution < -0.4 is 5.32 Å². The largest absolute Gasteiger partial charge is 0.522 e.